The van der Waals surface area contributed by atoms with Crippen LogP contribution in [0.3, 0.4) is 0 Å². The number of likely N-dealkylation sites (tertiary alicyclic amines) is 1. The Labute approximate surface area is 149 Å². The fraction of sp³-hybridized carbons (Fsp3) is 0.400. The van der Waals surface area contributed by atoms with Crippen molar-refractivity contribution in [2.45, 2.75) is 36.3 Å². The second kappa shape index (κ2) is 7.67. The largest absolute Gasteiger partial charge is 0.303 e. The maximum Gasteiger partial charge on any atom is 0.181 e. The lowest BCUT2D eigenvalue weighted by Crippen LogP contribution is -2.40. The molecule has 134 valence electrons. The Morgan fingerprint density at radius 2 is 1.68 bits per heavy atom. The Morgan fingerprint density at radius 1 is 1.04 bits per heavy atom. The van der Waals surface area contributed by atoms with Crippen molar-refractivity contribution in [3.05, 3.63) is 65.5 Å². The first kappa shape index (κ1) is 18.1. The molecule has 0 unspecified atom stereocenters. The van der Waals surface area contributed by atoms with Crippen molar-refractivity contribution >= 4 is 9.84 Å². The summed E-state index contributed by atoms with van der Waals surface area (Å²) >= 11 is 0. The molecule has 0 atom stereocenters. The van der Waals surface area contributed by atoms with Crippen LogP contribution in [0.15, 0.2) is 53.4 Å². The lowest BCUT2D eigenvalue weighted by atomic mass is 10.1. The summed E-state index contributed by atoms with van der Waals surface area (Å²) < 4.78 is 38.7. The van der Waals surface area contributed by atoms with E-state index in [1.807, 2.05) is 31.2 Å². The third-order valence-electron chi connectivity index (χ3n) is 5.00. The summed E-state index contributed by atoms with van der Waals surface area (Å²) in [5.74, 6) is -0.217. The number of hydrogen-bond donors (Lipinski definition) is 0. The highest BCUT2D eigenvalue weighted by molar-refractivity contribution is 7.92. The van der Waals surface area contributed by atoms with Gasteiger partial charge in [-0.05, 0) is 68.6 Å². The zero-order valence-electron chi connectivity index (χ0n) is 14.5. The van der Waals surface area contributed by atoms with Crippen molar-refractivity contribution in [3.8, 4) is 0 Å². The lowest BCUT2D eigenvalue weighted by molar-refractivity contribution is 0.232. The van der Waals surface area contributed by atoms with Gasteiger partial charge in [-0.15, -0.1) is 0 Å². The highest BCUT2D eigenvalue weighted by Gasteiger charge is 2.31. The molecule has 0 aromatic heterocycles. The summed E-state index contributed by atoms with van der Waals surface area (Å²) in [6.45, 7) is 4.31. The fourth-order valence-corrected chi connectivity index (χ4v) is 5.41. The number of rotatable bonds is 5. The van der Waals surface area contributed by atoms with Crippen molar-refractivity contribution in [3.63, 3.8) is 0 Å². The second-order valence-electron chi connectivity index (χ2n) is 6.73. The van der Waals surface area contributed by atoms with Crippen LogP contribution in [0.2, 0.25) is 0 Å². The first-order chi connectivity index (χ1) is 12.0. The van der Waals surface area contributed by atoms with Gasteiger partial charge in [0.05, 0.1) is 10.1 Å². The predicted molar refractivity (Wildman–Crippen MR) is 97.9 cm³/mol. The van der Waals surface area contributed by atoms with E-state index in [0.29, 0.717) is 17.7 Å². The molecule has 0 radical (unpaired) electrons. The van der Waals surface area contributed by atoms with E-state index >= 15 is 0 Å². The molecule has 5 heteroatoms. The second-order valence-corrected chi connectivity index (χ2v) is 8.92. The minimum absolute atomic E-state index is 0.217. The number of piperidine rings is 1. The van der Waals surface area contributed by atoms with E-state index in [-0.39, 0.29) is 11.1 Å². The van der Waals surface area contributed by atoms with Crippen LogP contribution in [0.1, 0.15) is 24.0 Å². The van der Waals surface area contributed by atoms with Crippen LogP contribution < -0.4 is 0 Å². The molecule has 2 aromatic rings. The van der Waals surface area contributed by atoms with E-state index in [9.17, 15) is 12.8 Å². The van der Waals surface area contributed by atoms with Gasteiger partial charge in [-0.1, -0.05) is 30.3 Å². The standard InChI is InChI=1S/C20H24FNO2S/c1-16-4-2-3-5-20(16)25(23,24)19-11-14-22(15-12-19)13-10-17-6-8-18(21)9-7-17/h2-9,19H,10-15H2,1H3. The minimum Gasteiger partial charge on any atom is -0.303 e. The number of sulfone groups is 1. The van der Waals surface area contributed by atoms with Gasteiger partial charge >= 0.3 is 0 Å². The summed E-state index contributed by atoms with van der Waals surface area (Å²) in [5, 5.41) is -0.296. The molecule has 0 aliphatic carbocycles. The quantitative estimate of drug-likeness (QED) is 0.816. The molecule has 0 amide bonds. The number of aryl methyl sites for hydroxylation is 1. The zero-order chi connectivity index (χ0) is 17.9. The van der Waals surface area contributed by atoms with Gasteiger partial charge in [-0.25, -0.2) is 12.8 Å². The molecule has 0 spiro atoms. The molecule has 1 heterocycles. The minimum atomic E-state index is -3.26. The monoisotopic (exact) mass is 361 g/mol. The van der Waals surface area contributed by atoms with E-state index < -0.39 is 9.84 Å². The Hall–Kier alpha value is -1.72. The molecule has 0 N–H and O–H groups in total. The summed E-state index contributed by atoms with van der Waals surface area (Å²) in [6.07, 6.45) is 2.19. The van der Waals surface area contributed by atoms with Crippen molar-refractivity contribution < 1.29 is 12.8 Å². The Balaban J connectivity index is 1.56. The number of halogens is 1. The first-order valence-electron chi connectivity index (χ1n) is 8.73. The first-order valence-corrected chi connectivity index (χ1v) is 10.3. The lowest BCUT2D eigenvalue weighted by Gasteiger charge is -2.32. The predicted octanol–water partition coefficient (Wildman–Crippen LogP) is 3.61. The summed E-state index contributed by atoms with van der Waals surface area (Å²) in [6, 6.07) is 13.8. The number of nitrogens with zero attached hydrogens (tertiary/aromatic N) is 1. The van der Waals surface area contributed by atoms with Crippen LogP contribution in [0, 0.1) is 12.7 Å². The highest BCUT2D eigenvalue weighted by atomic mass is 32.2. The molecule has 0 saturated carbocycles. The van der Waals surface area contributed by atoms with Gasteiger partial charge in [-0.3, -0.25) is 0 Å². The van der Waals surface area contributed by atoms with Crippen molar-refractivity contribution in [2.75, 3.05) is 19.6 Å². The molecule has 1 saturated heterocycles. The fourth-order valence-electron chi connectivity index (χ4n) is 3.44. The third kappa shape index (κ3) is 4.28. The van der Waals surface area contributed by atoms with E-state index in [0.717, 1.165) is 37.2 Å². The number of benzene rings is 2. The molecule has 2 aromatic carbocycles. The van der Waals surface area contributed by atoms with Gasteiger partial charge in [-0.2, -0.15) is 0 Å². The van der Waals surface area contributed by atoms with E-state index in [4.69, 9.17) is 0 Å². The molecule has 1 aliphatic heterocycles. The molecule has 0 bridgehead atoms. The molecule has 3 rings (SSSR count). The van der Waals surface area contributed by atoms with Crippen LogP contribution in [0.4, 0.5) is 4.39 Å². The van der Waals surface area contributed by atoms with E-state index in [2.05, 4.69) is 4.90 Å². The van der Waals surface area contributed by atoms with Crippen molar-refractivity contribution in [1.82, 2.24) is 4.90 Å². The molecule has 3 nitrogen and oxygen atoms in total. The highest BCUT2D eigenvalue weighted by Crippen LogP contribution is 2.26. The molecular formula is C20H24FNO2S. The van der Waals surface area contributed by atoms with Crippen molar-refractivity contribution in [1.29, 1.82) is 0 Å². The zero-order valence-corrected chi connectivity index (χ0v) is 15.3. The summed E-state index contributed by atoms with van der Waals surface area (Å²) in [4.78, 5) is 2.77. The van der Waals surface area contributed by atoms with E-state index in [1.165, 1.54) is 12.1 Å². The molecule has 25 heavy (non-hydrogen) atoms. The smallest absolute Gasteiger partial charge is 0.181 e. The molecular weight excluding hydrogens is 337 g/mol. The Bertz CT molecular complexity index is 810. The van der Waals surface area contributed by atoms with Gasteiger partial charge < -0.3 is 4.90 Å². The average molecular weight is 361 g/mol. The third-order valence-corrected chi connectivity index (χ3v) is 7.42. The van der Waals surface area contributed by atoms with Crippen LogP contribution >= 0.6 is 0 Å². The molecule has 1 aliphatic rings. The molecule has 1 fully saturated rings. The van der Waals surface area contributed by atoms with Crippen LogP contribution in [-0.4, -0.2) is 38.2 Å². The van der Waals surface area contributed by atoms with Gasteiger partial charge in [0.1, 0.15) is 5.82 Å². The maximum atomic E-state index is 12.9. The maximum absolute atomic E-state index is 12.9. The summed E-state index contributed by atoms with van der Waals surface area (Å²) in [7, 11) is -3.26. The Morgan fingerprint density at radius 3 is 2.32 bits per heavy atom. The SMILES string of the molecule is Cc1ccccc1S(=O)(=O)C1CCN(CCc2ccc(F)cc2)CC1. The van der Waals surface area contributed by atoms with Crippen LogP contribution in [-0.2, 0) is 16.3 Å². The normalized spacial score (nSPS) is 16.9. The van der Waals surface area contributed by atoms with Crippen LogP contribution in [0.25, 0.3) is 0 Å². The van der Waals surface area contributed by atoms with Crippen LogP contribution in [0.5, 0.6) is 0 Å². The van der Waals surface area contributed by atoms with Gasteiger partial charge in [0, 0.05) is 6.54 Å². The topological polar surface area (TPSA) is 37.4 Å². The number of hydrogen-bond acceptors (Lipinski definition) is 3. The average Bonchev–Trinajstić information content (AvgIpc) is 2.62. The van der Waals surface area contributed by atoms with Gasteiger partial charge in [0.15, 0.2) is 9.84 Å². The van der Waals surface area contributed by atoms with Crippen molar-refractivity contribution in [2.24, 2.45) is 0 Å². The van der Waals surface area contributed by atoms with Gasteiger partial charge in [0.2, 0.25) is 0 Å². The van der Waals surface area contributed by atoms with E-state index in [1.54, 1.807) is 12.1 Å². The summed E-state index contributed by atoms with van der Waals surface area (Å²) in [5.41, 5.74) is 1.93. The van der Waals surface area contributed by atoms with Gasteiger partial charge in [0.25, 0.3) is 0 Å². The Kier molecular flexibility index (Phi) is 5.54.